The van der Waals surface area contributed by atoms with Crippen molar-refractivity contribution in [3.8, 4) is 0 Å². The van der Waals surface area contributed by atoms with Gasteiger partial charge in [0.1, 0.15) is 0 Å². The highest BCUT2D eigenvalue weighted by molar-refractivity contribution is 5.13. The van der Waals surface area contributed by atoms with E-state index in [1.165, 1.54) is 0 Å². The minimum absolute atomic E-state index is 0.162. The highest BCUT2D eigenvalue weighted by atomic mass is 15.2. The average Bonchev–Trinajstić information content (AvgIpc) is 2.14. The highest BCUT2D eigenvalue weighted by Gasteiger charge is 2.12. The smallest absolute Gasteiger partial charge is 0.0634 e. The standard InChI is InChI=1S/C11H19N3/c1-8(2)7-11(14-12)10-6-4-5-9(3)13-10/h4-6,8,11,14H,7,12H2,1-3H3. The molecule has 0 aliphatic carbocycles. The van der Waals surface area contributed by atoms with Gasteiger partial charge in [0.05, 0.1) is 11.7 Å². The number of aryl methyl sites for hydroxylation is 1. The molecule has 0 aliphatic heterocycles. The Kier molecular flexibility index (Phi) is 4.04. The zero-order valence-corrected chi connectivity index (χ0v) is 9.12. The predicted octanol–water partition coefficient (Wildman–Crippen LogP) is 1.94. The van der Waals surface area contributed by atoms with E-state index in [2.05, 4.69) is 24.3 Å². The van der Waals surface area contributed by atoms with Crippen LogP contribution < -0.4 is 11.3 Å². The van der Waals surface area contributed by atoms with Crippen LogP contribution in [-0.4, -0.2) is 4.98 Å². The molecule has 0 bridgehead atoms. The fraction of sp³-hybridized carbons (Fsp3) is 0.545. The van der Waals surface area contributed by atoms with Gasteiger partial charge in [0, 0.05) is 5.69 Å². The number of hydrazine groups is 1. The molecular formula is C11H19N3. The van der Waals surface area contributed by atoms with E-state index in [9.17, 15) is 0 Å². The number of nitrogens with two attached hydrogens (primary N) is 1. The van der Waals surface area contributed by atoms with Gasteiger partial charge in [-0.05, 0) is 31.4 Å². The molecule has 1 unspecified atom stereocenters. The molecule has 0 fully saturated rings. The minimum atomic E-state index is 0.162. The van der Waals surface area contributed by atoms with Gasteiger partial charge < -0.3 is 0 Å². The number of rotatable bonds is 4. The molecule has 1 aromatic heterocycles. The van der Waals surface area contributed by atoms with Gasteiger partial charge >= 0.3 is 0 Å². The zero-order chi connectivity index (χ0) is 10.6. The second kappa shape index (κ2) is 5.08. The summed E-state index contributed by atoms with van der Waals surface area (Å²) in [5.41, 5.74) is 4.88. The van der Waals surface area contributed by atoms with Crippen LogP contribution in [-0.2, 0) is 0 Å². The summed E-state index contributed by atoms with van der Waals surface area (Å²) in [4.78, 5) is 4.45. The molecule has 1 aromatic rings. The lowest BCUT2D eigenvalue weighted by Gasteiger charge is -2.17. The average molecular weight is 193 g/mol. The van der Waals surface area contributed by atoms with Gasteiger partial charge in [-0.1, -0.05) is 19.9 Å². The van der Waals surface area contributed by atoms with Gasteiger partial charge in [0.2, 0.25) is 0 Å². The van der Waals surface area contributed by atoms with E-state index in [1.807, 2.05) is 25.1 Å². The third kappa shape index (κ3) is 3.09. The molecule has 0 aromatic carbocycles. The van der Waals surface area contributed by atoms with Crippen LogP contribution >= 0.6 is 0 Å². The summed E-state index contributed by atoms with van der Waals surface area (Å²) in [6.07, 6.45) is 1.01. The fourth-order valence-corrected chi connectivity index (χ4v) is 1.50. The number of nitrogens with zero attached hydrogens (tertiary/aromatic N) is 1. The number of hydrogen-bond acceptors (Lipinski definition) is 3. The van der Waals surface area contributed by atoms with Gasteiger partial charge in [0.15, 0.2) is 0 Å². The Morgan fingerprint density at radius 2 is 2.14 bits per heavy atom. The molecule has 14 heavy (non-hydrogen) atoms. The van der Waals surface area contributed by atoms with E-state index in [4.69, 9.17) is 5.84 Å². The summed E-state index contributed by atoms with van der Waals surface area (Å²) in [7, 11) is 0. The molecule has 0 amide bonds. The first-order valence-corrected chi connectivity index (χ1v) is 5.03. The first-order chi connectivity index (χ1) is 6.63. The second-order valence-electron chi connectivity index (χ2n) is 4.05. The summed E-state index contributed by atoms with van der Waals surface area (Å²) >= 11 is 0. The van der Waals surface area contributed by atoms with Crippen molar-refractivity contribution < 1.29 is 0 Å². The maximum atomic E-state index is 5.51. The normalized spacial score (nSPS) is 13.2. The minimum Gasteiger partial charge on any atom is -0.271 e. The summed E-state index contributed by atoms with van der Waals surface area (Å²) in [5.74, 6) is 6.12. The summed E-state index contributed by atoms with van der Waals surface area (Å²) in [6, 6.07) is 6.18. The molecule has 1 heterocycles. The van der Waals surface area contributed by atoms with Crippen LogP contribution in [0.4, 0.5) is 0 Å². The van der Waals surface area contributed by atoms with Crippen LogP contribution in [0.15, 0.2) is 18.2 Å². The van der Waals surface area contributed by atoms with Crippen molar-refractivity contribution in [1.29, 1.82) is 0 Å². The van der Waals surface area contributed by atoms with E-state index in [-0.39, 0.29) is 6.04 Å². The Labute approximate surface area is 85.7 Å². The first-order valence-electron chi connectivity index (χ1n) is 5.03. The van der Waals surface area contributed by atoms with E-state index in [0.29, 0.717) is 5.92 Å². The second-order valence-corrected chi connectivity index (χ2v) is 4.05. The monoisotopic (exact) mass is 193 g/mol. The number of nitrogens with one attached hydrogen (secondary N) is 1. The largest absolute Gasteiger partial charge is 0.271 e. The van der Waals surface area contributed by atoms with Crippen molar-refractivity contribution in [2.45, 2.75) is 33.2 Å². The van der Waals surface area contributed by atoms with Gasteiger partial charge in [0.25, 0.3) is 0 Å². The summed E-state index contributed by atoms with van der Waals surface area (Å²) in [5, 5.41) is 0. The maximum absolute atomic E-state index is 5.51. The first kappa shape index (κ1) is 11.1. The molecular weight excluding hydrogens is 174 g/mol. The van der Waals surface area contributed by atoms with E-state index in [0.717, 1.165) is 17.8 Å². The SMILES string of the molecule is Cc1cccc(C(CC(C)C)NN)n1. The molecule has 0 spiro atoms. The Morgan fingerprint density at radius 1 is 1.43 bits per heavy atom. The van der Waals surface area contributed by atoms with Crippen molar-refractivity contribution in [3.63, 3.8) is 0 Å². The molecule has 0 aliphatic rings. The van der Waals surface area contributed by atoms with Gasteiger partial charge in [-0.15, -0.1) is 0 Å². The van der Waals surface area contributed by atoms with Crippen LogP contribution in [0.3, 0.4) is 0 Å². The molecule has 3 heteroatoms. The summed E-state index contributed by atoms with van der Waals surface area (Å²) in [6.45, 7) is 6.35. The lowest BCUT2D eigenvalue weighted by Crippen LogP contribution is -2.29. The van der Waals surface area contributed by atoms with Crippen molar-refractivity contribution in [2.24, 2.45) is 11.8 Å². The molecule has 0 saturated heterocycles. The summed E-state index contributed by atoms with van der Waals surface area (Å²) < 4.78 is 0. The lowest BCUT2D eigenvalue weighted by atomic mass is 10.0. The van der Waals surface area contributed by atoms with Crippen molar-refractivity contribution in [2.75, 3.05) is 0 Å². The molecule has 1 atom stereocenters. The molecule has 78 valence electrons. The third-order valence-electron chi connectivity index (χ3n) is 2.18. The Morgan fingerprint density at radius 3 is 2.64 bits per heavy atom. The molecule has 0 saturated carbocycles. The maximum Gasteiger partial charge on any atom is 0.0634 e. The topological polar surface area (TPSA) is 50.9 Å². The van der Waals surface area contributed by atoms with Crippen LogP contribution in [0.2, 0.25) is 0 Å². The Bertz CT molecular complexity index is 284. The van der Waals surface area contributed by atoms with E-state index < -0.39 is 0 Å². The molecule has 0 radical (unpaired) electrons. The Balaban J connectivity index is 2.78. The van der Waals surface area contributed by atoms with Gasteiger partial charge in [-0.2, -0.15) is 0 Å². The predicted molar refractivity (Wildman–Crippen MR) is 58.5 cm³/mol. The van der Waals surface area contributed by atoms with Crippen LogP contribution in [0, 0.1) is 12.8 Å². The quantitative estimate of drug-likeness (QED) is 0.567. The van der Waals surface area contributed by atoms with Crippen molar-refractivity contribution in [3.05, 3.63) is 29.6 Å². The third-order valence-corrected chi connectivity index (χ3v) is 2.18. The fourth-order valence-electron chi connectivity index (χ4n) is 1.50. The van der Waals surface area contributed by atoms with E-state index >= 15 is 0 Å². The zero-order valence-electron chi connectivity index (χ0n) is 9.12. The molecule has 3 nitrogen and oxygen atoms in total. The molecule has 3 N–H and O–H groups in total. The highest BCUT2D eigenvalue weighted by Crippen LogP contribution is 2.18. The van der Waals surface area contributed by atoms with Crippen molar-refractivity contribution >= 4 is 0 Å². The van der Waals surface area contributed by atoms with Crippen LogP contribution in [0.25, 0.3) is 0 Å². The number of pyridine rings is 1. The van der Waals surface area contributed by atoms with Gasteiger partial charge in [-0.25, -0.2) is 0 Å². The van der Waals surface area contributed by atoms with Crippen molar-refractivity contribution in [1.82, 2.24) is 10.4 Å². The lowest BCUT2D eigenvalue weighted by molar-refractivity contribution is 0.430. The Hall–Kier alpha value is -0.930. The number of hydrogen-bond donors (Lipinski definition) is 2. The molecule has 1 rings (SSSR count). The number of aromatic nitrogens is 1. The van der Waals surface area contributed by atoms with Crippen LogP contribution in [0.5, 0.6) is 0 Å². The van der Waals surface area contributed by atoms with Gasteiger partial charge in [-0.3, -0.25) is 16.3 Å². The van der Waals surface area contributed by atoms with E-state index in [1.54, 1.807) is 0 Å². The van der Waals surface area contributed by atoms with Crippen LogP contribution in [0.1, 0.15) is 37.7 Å².